The van der Waals surface area contributed by atoms with E-state index in [1.165, 1.54) is 6.26 Å². The van der Waals surface area contributed by atoms with E-state index in [0.29, 0.717) is 17.9 Å². The summed E-state index contributed by atoms with van der Waals surface area (Å²) >= 11 is 0. The SMILES string of the molecule is N#CCc1ccc(NC(=O)Cn2nc(-c3ccco3)oc2=O)cc1. The molecule has 1 aromatic carbocycles. The second kappa shape index (κ2) is 6.66. The van der Waals surface area contributed by atoms with Crippen LogP contribution in [0.5, 0.6) is 0 Å². The molecule has 0 unspecified atom stereocenters. The Morgan fingerprint density at radius 2 is 2.08 bits per heavy atom. The number of aromatic nitrogens is 2. The van der Waals surface area contributed by atoms with Gasteiger partial charge in [-0.2, -0.15) is 9.94 Å². The largest absolute Gasteiger partial charge is 0.459 e. The molecule has 120 valence electrons. The number of benzene rings is 1. The van der Waals surface area contributed by atoms with E-state index in [9.17, 15) is 9.59 Å². The Morgan fingerprint density at radius 3 is 2.75 bits per heavy atom. The topological polar surface area (TPSA) is 114 Å². The fourth-order valence-electron chi connectivity index (χ4n) is 2.04. The maximum Gasteiger partial charge on any atom is 0.437 e. The summed E-state index contributed by atoms with van der Waals surface area (Å²) in [6.45, 7) is -0.289. The average molecular weight is 324 g/mol. The summed E-state index contributed by atoms with van der Waals surface area (Å²) in [5.74, 6) is -0.858. The molecule has 0 radical (unpaired) electrons. The molecular weight excluding hydrogens is 312 g/mol. The zero-order chi connectivity index (χ0) is 16.9. The molecule has 0 aliphatic heterocycles. The number of nitrogens with one attached hydrogen (secondary N) is 1. The molecule has 0 fully saturated rings. The van der Waals surface area contributed by atoms with E-state index in [4.69, 9.17) is 14.1 Å². The van der Waals surface area contributed by atoms with Crippen molar-refractivity contribution in [2.75, 3.05) is 5.32 Å². The number of nitriles is 1. The molecule has 0 aliphatic rings. The molecule has 3 rings (SSSR count). The first-order valence-corrected chi connectivity index (χ1v) is 7.03. The van der Waals surface area contributed by atoms with Gasteiger partial charge in [0.1, 0.15) is 6.54 Å². The van der Waals surface area contributed by atoms with E-state index in [1.807, 2.05) is 6.07 Å². The van der Waals surface area contributed by atoms with Crippen molar-refractivity contribution in [1.82, 2.24) is 9.78 Å². The number of rotatable bonds is 5. The van der Waals surface area contributed by atoms with Crippen LogP contribution < -0.4 is 11.1 Å². The van der Waals surface area contributed by atoms with Gasteiger partial charge in [-0.15, -0.1) is 5.10 Å². The summed E-state index contributed by atoms with van der Waals surface area (Å²) in [5, 5.41) is 15.2. The number of carbonyl (C=O) groups is 1. The lowest BCUT2D eigenvalue weighted by Crippen LogP contribution is -2.25. The minimum Gasteiger partial charge on any atom is -0.459 e. The quantitative estimate of drug-likeness (QED) is 0.765. The number of anilines is 1. The van der Waals surface area contributed by atoms with Gasteiger partial charge >= 0.3 is 5.76 Å². The van der Waals surface area contributed by atoms with E-state index >= 15 is 0 Å². The second-order valence-electron chi connectivity index (χ2n) is 4.89. The molecule has 0 spiro atoms. The third-order valence-electron chi connectivity index (χ3n) is 3.15. The maximum absolute atomic E-state index is 12.0. The van der Waals surface area contributed by atoms with Crippen LogP contribution in [0.4, 0.5) is 5.69 Å². The predicted octanol–water partition coefficient (Wildman–Crippen LogP) is 1.80. The Hall–Kier alpha value is -3.60. The second-order valence-corrected chi connectivity index (χ2v) is 4.89. The van der Waals surface area contributed by atoms with E-state index in [2.05, 4.69) is 10.4 Å². The fraction of sp³-hybridized carbons (Fsp3) is 0.125. The highest BCUT2D eigenvalue weighted by molar-refractivity contribution is 5.90. The highest BCUT2D eigenvalue weighted by Gasteiger charge is 2.14. The summed E-state index contributed by atoms with van der Waals surface area (Å²) < 4.78 is 10.9. The van der Waals surface area contributed by atoms with Gasteiger partial charge in [-0.1, -0.05) is 12.1 Å². The number of nitrogens with zero attached hydrogens (tertiary/aromatic N) is 3. The molecule has 1 amide bonds. The summed E-state index contributed by atoms with van der Waals surface area (Å²) in [6.07, 6.45) is 1.73. The molecule has 8 nitrogen and oxygen atoms in total. The van der Waals surface area contributed by atoms with E-state index < -0.39 is 11.7 Å². The molecule has 2 heterocycles. The molecule has 0 bridgehead atoms. The van der Waals surface area contributed by atoms with Crippen molar-refractivity contribution in [2.45, 2.75) is 13.0 Å². The third-order valence-corrected chi connectivity index (χ3v) is 3.15. The van der Waals surface area contributed by atoms with Crippen molar-refractivity contribution in [3.05, 3.63) is 58.8 Å². The van der Waals surface area contributed by atoms with Gasteiger partial charge in [-0.3, -0.25) is 4.79 Å². The predicted molar refractivity (Wildman–Crippen MR) is 82.9 cm³/mol. The Bertz CT molecular complexity index is 930. The van der Waals surface area contributed by atoms with Crippen LogP contribution in [0.25, 0.3) is 11.7 Å². The lowest BCUT2D eigenvalue weighted by Gasteiger charge is -2.04. The molecule has 1 N–H and O–H groups in total. The average Bonchev–Trinajstić information content (AvgIpc) is 3.20. The summed E-state index contributed by atoms with van der Waals surface area (Å²) in [6, 6.07) is 12.1. The van der Waals surface area contributed by atoms with Gasteiger partial charge in [0.2, 0.25) is 5.91 Å². The highest BCUT2D eigenvalue weighted by atomic mass is 16.4. The van der Waals surface area contributed by atoms with Crippen LogP contribution >= 0.6 is 0 Å². The van der Waals surface area contributed by atoms with Crippen LogP contribution in [0.1, 0.15) is 5.56 Å². The standard InChI is InChI=1S/C16H12N4O4/c17-8-7-11-3-5-12(6-4-11)18-14(21)10-20-16(22)24-15(19-20)13-2-1-9-23-13/h1-6,9H,7,10H2,(H,18,21). The number of amides is 1. The molecule has 3 aromatic rings. The Morgan fingerprint density at radius 1 is 1.29 bits per heavy atom. The van der Waals surface area contributed by atoms with Gasteiger partial charge in [0.25, 0.3) is 5.89 Å². The number of carbonyl (C=O) groups excluding carboxylic acids is 1. The maximum atomic E-state index is 12.0. The molecule has 24 heavy (non-hydrogen) atoms. The van der Waals surface area contributed by atoms with E-state index in [1.54, 1.807) is 36.4 Å². The molecule has 0 saturated carbocycles. The van der Waals surface area contributed by atoms with Gasteiger partial charge in [0.05, 0.1) is 18.8 Å². The summed E-state index contributed by atoms with van der Waals surface area (Å²) in [7, 11) is 0. The number of hydrogen-bond acceptors (Lipinski definition) is 6. The first-order valence-electron chi connectivity index (χ1n) is 7.03. The van der Waals surface area contributed by atoms with Crippen molar-refractivity contribution in [2.24, 2.45) is 0 Å². The van der Waals surface area contributed by atoms with E-state index in [0.717, 1.165) is 10.2 Å². The van der Waals surface area contributed by atoms with Crippen LogP contribution in [-0.4, -0.2) is 15.7 Å². The lowest BCUT2D eigenvalue weighted by atomic mass is 10.1. The van der Waals surface area contributed by atoms with E-state index in [-0.39, 0.29) is 12.4 Å². The van der Waals surface area contributed by atoms with Gasteiger partial charge < -0.3 is 14.2 Å². The summed E-state index contributed by atoms with van der Waals surface area (Å²) in [4.78, 5) is 23.7. The minimum atomic E-state index is -0.749. The Balaban J connectivity index is 1.67. The molecule has 0 aliphatic carbocycles. The molecule has 0 saturated heterocycles. The molecule has 0 atom stereocenters. The monoisotopic (exact) mass is 324 g/mol. The van der Waals surface area contributed by atoms with Crippen molar-refractivity contribution < 1.29 is 13.6 Å². The van der Waals surface area contributed by atoms with Crippen LogP contribution in [0.2, 0.25) is 0 Å². The zero-order valence-electron chi connectivity index (χ0n) is 12.4. The van der Waals surface area contributed by atoms with Crippen molar-refractivity contribution >= 4 is 11.6 Å². The van der Waals surface area contributed by atoms with Gasteiger partial charge in [-0.25, -0.2) is 4.79 Å². The van der Waals surface area contributed by atoms with Crippen molar-refractivity contribution in [3.8, 4) is 17.7 Å². The Labute approximate surface area is 135 Å². The first-order chi connectivity index (χ1) is 11.7. The van der Waals surface area contributed by atoms with Gasteiger partial charge in [0, 0.05) is 5.69 Å². The number of furan rings is 1. The van der Waals surface area contributed by atoms with Crippen LogP contribution in [0, 0.1) is 11.3 Å². The molecule has 2 aromatic heterocycles. The smallest absolute Gasteiger partial charge is 0.437 e. The zero-order valence-corrected chi connectivity index (χ0v) is 12.4. The van der Waals surface area contributed by atoms with Crippen molar-refractivity contribution in [3.63, 3.8) is 0 Å². The minimum absolute atomic E-state index is 0.0126. The third kappa shape index (κ3) is 3.41. The molecule has 8 heteroatoms. The normalized spacial score (nSPS) is 10.3. The van der Waals surface area contributed by atoms with Gasteiger partial charge in [0.15, 0.2) is 5.76 Å². The molecular formula is C16H12N4O4. The lowest BCUT2D eigenvalue weighted by molar-refractivity contribution is -0.117. The van der Waals surface area contributed by atoms with Crippen molar-refractivity contribution in [1.29, 1.82) is 5.26 Å². The summed E-state index contributed by atoms with van der Waals surface area (Å²) in [5.41, 5.74) is 1.41. The Kier molecular flexibility index (Phi) is 4.25. The fourth-order valence-corrected chi connectivity index (χ4v) is 2.04. The van der Waals surface area contributed by atoms with Crippen LogP contribution in [0.3, 0.4) is 0 Å². The van der Waals surface area contributed by atoms with Crippen LogP contribution in [0.15, 0.2) is 56.3 Å². The number of hydrogen-bond donors (Lipinski definition) is 1. The van der Waals surface area contributed by atoms with Crippen LogP contribution in [-0.2, 0) is 17.8 Å². The highest BCUT2D eigenvalue weighted by Crippen LogP contribution is 2.15. The first kappa shape index (κ1) is 15.3. The van der Waals surface area contributed by atoms with Gasteiger partial charge in [-0.05, 0) is 29.8 Å².